The third-order valence-corrected chi connectivity index (χ3v) is 5.78. The molecule has 1 heterocycles. The third kappa shape index (κ3) is 4.58. The van der Waals surface area contributed by atoms with E-state index < -0.39 is 10.0 Å². The van der Waals surface area contributed by atoms with E-state index in [0.717, 1.165) is 5.56 Å². The molecule has 6 nitrogen and oxygen atoms in total. The highest BCUT2D eigenvalue weighted by Crippen LogP contribution is 2.19. The Balaban J connectivity index is 1.71. The van der Waals surface area contributed by atoms with E-state index in [4.69, 9.17) is 0 Å². The third-order valence-electron chi connectivity index (χ3n) is 3.97. The van der Waals surface area contributed by atoms with Crippen LogP contribution in [0.4, 0.5) is 5.69 Å². The molecular weight excluding hydrogens is 362 g/mol. The Bertz CT molecular complexity index is 1010. The molecule has 1 aromatic heterocycles. The van der Waals surface area contributed by atoms with Crippen molar-refractivity contribution in [1.29, 1.82) is 0 Å². The summed E-state index contributed by atoms with van der Waals surface area (Å²) in [6.45, 7) is 0.279. The van der Waals surface area contributed by atoms with Gasteiger partial charge in [0.1, 0.15) is 5.69 Å². The summed E-state index contributed by atoms with van der Waals surface area (Å²) < 4.78 is 26.7. The van der Waals surface area contributed by atoms with Crippen molar-refractivity contribution >= 4 is 21.6 Å². The van der Waals surface area contributed by atoms with Gasteiger partial charge in [0, 0.05) is 25.5 Å². The molecule has 7 heteroatoms. The first kappa shape index (κ1) is 18.8. The lowest BCUT2D eigenvalue weighted by atomic mass is 10.2. The van der Waals surface area contributed by atoms with E-state index in [-0.39, 0.29) is 23.0 Å². The van der Waals surface area contributed by atoms with Crippen LogP contribution in [0.15, 0.2) is 83.9 Å². The van der Waals surface area contributed by atoms with E-state index in [1.165, 1.54) is 22.6 Å². The summed E-state index contributed by atoms with van der Waals surface area (Å²) >= 11 is 0. The number of amides is 1. The summed E-state index contributed by atoms with van der Waals surface area (Å²) in [4.78, 5) is 16.3. The average Bonchev–Trinajstić information content (AvgIpc) is 2.70. The topological polar surface area (TPSA) is 79.4 Å². The maximum atomic E-state index is 12.7. The highest BCUT2D eigenvalue weighted by molar-refractivity contribution is 7.89. The fraction of sp³-hybridized carbons (Fsp3) is 0.100. The molecule has 0 aliphatic heterocycles. The number of nitrogens with one attached hydrogen (secondary N) is 1. The van der Waals surface area contributed by atoms with Gasteiger partial charge in [-0.05, 0) is 42.0 Å². The molecule has 2 aromatic carbocycles. The number of nitrogens with zero attached hydrogens (tertiary/aromatic N) is 2. The molecule has 0 radical (unpaired) electrons. The van der Waals surface area contributed by atoms with Crippen LogP contribution < -0.4 is 5.32 Å². The summed E-state index contributed by atoms with van der Waals surface area (Å²) in [5, 5.41) is 2.70. The zero-order chi connectivity index (χ0) is 19.3. The number of sulfonamides is 1. The molecule has 0 saturated carbocycles. The minimum absolute atomic E-state index is 0.164. The van der Waals surface area contributed by atoms with Crippen LogP contribution in [0.3, 0.4) is 0 Å². The molecule has 138 valence electrons. The second-order valence-corrected chi connectivity index (χ2v) is 7.99. The van der Waals surface area contributed by atoms with Crippen molar-refractivity contribution < 1.29 is 13.2 Å². The molecule has 0 saturated heterocycles. The Kier molecular flexibility index (Phi) is 5.63. The minimum atomic E-state index is -3.63. The molecule has 3 rings (SSSR count). The van der Waals surface area contributed by atoms with E-state index >= 15 is 0 Å². The second-order valence-electron chi connectivity index (χ2n) is 5.94. The van der Waals surface area contributed by atoms with Gasteiger partial charge in [0.25, 0.3) is 5.91 Å². The number of hydrogen-bond acceptors (Lipinski definition) is 4. The van der Waals surface area contributed by atoms with Crippen LogP contribution >= 0.6 is 0 Å². The molecule has 0 aliphatic carbocycles. The van der Waals surface area contributed by atoms with Gasteiger partial charge in [0.05, 0.1) is 4.90 Å². The monoisotopic (exact) mass is 381 g/mol. The van der Waals surface area contributed by atoms with Crippen LogP contribution in [0, 0.1) is 0 Å². The predicted molar refractivity (Wildman–Crippen MR) is 104 cm³/mol. The number of pyridine rings is 1. The SMILES string of the molecule is CN(Cc1ccccc1)S(=O)(=O)c1ccc(NC(=O)c2ccccn2)cc1. The standard InChI is InChI=1S/C20H19N3O3S/c1-23(15-16-7-3-2-4-8-16)27(25,26)18-12-10-17(11-13-18)22-20(24)19-9-5-6-14-21-19/h2-14H,15H2,1H3,(H,22,24). The number of aromatic nitrogens is 1. The number of benzene rings is 2. The van der Waals surface area contributed by atoms with Crippen LogP contribution in [-0.4, -0.2) is 30.7 Å². The van der Waals surface area contributed by atoms with Gasteiger partial charge in [-0.15, -0.1) is 0 Å². The van der Waals surface area contributed by atoms with Gasteiger partial charge in [-0.1, -0.05) is 36.4 Å². The molecule has 3 aromatic rings. The number of anilines is 1. The lowest BCUT2D eigenvalue weighted by Crippen LogP contribution is -2.26. The van der Waals surface area contributed by atoms with Crippen molar-refractivity contribution in [3.63, 3.8) is 0 Å². The molecule has 0 atom stereocenters. The largest absolute Gasteiger partial charge is 0.321 e. The Labute approximate surface area is 158 Å². The smallest absolute Gasteiger partial charge is 0.274 e. The van der Waals surface area contributed by atoms with E-state index in [9.17, 15) is 13.2 Å². The van der Waals surface area contributed by atoms with Crippen LogP contribution in [-0.2, 0) is 16.6 Å². The van der Waals surface area contributed by atoms with E-state index in [1.807, 2.05) is 30.3 Å². The molecule has 0 spiro atoms. The van der Waals surface area contributed by atoms with Crippen LogP contribution in [0.2, 0.25) is 0 Å². The lowest BCUT2D eigenvalue weighted by Gasteiger charge is -2.17. The van der Waals surface area contributed by atoms with Crippen molar-refractivity contribution in [2.75, 3.05) is 12.4 Å². The molecule has 0 bridgehead atoms. The summed E-state index contributed by atoms with van der Waals surface area (Å²) in [5.41, 5.74) is 1.69. The maximum Gasteiger partial charge on any atom is 0.274 e. The van der Waals surface area contributed by atoms with Crippen molar-refractivity contribution in [1.82, 2.24) is 9.29 Å². The van der Waals surface area contributed by atoms with Gasteiger partial charge in [0.15, 0.2) is 0 Å². The number of carbonyl (C=O) groups excluding carboxylic acids is 1. The zero-order valence-electron chi connectivity index (χ0n) is 14.7. The van der Waals surface area contributed by atoms with Gasteiger partial charge in [-0.2, -0.15) is 4.31 Å². The van der Waals surface area contributed by atoms with Crippen molar-refractivity contribution in [2.24, 2.45) is 0 Å². The van der Waals surface area contributed by atoms with E-state index in [2.05, 4.69) is 10.3 Å². The van der Waals surface area contributed by atoms with Crippen molar-refractivity contribution in [3.05, 3.63) is 90.3 Å². The molecule has 1 N–H and O–H groups in total. The van der Waals surface area contributed by atoms with Crippen LogP contribution in [0.1, 0.15) is 16.1 Å². The Hall–Kier alpha value is -3.03. The number of rotatable bonds is 6. The number of carbonyl (C=O) groups is 1. The fourth-order valence-electron chi connectivity index (χ4n) is 2.51. The van der Waals surface area contributed by atoms with Crippen molar-refractivity contribution in [3.8, 4) is 0 Å². The summed E-state index contributed by atoms with van der Waals surface area (Å²) in [6.07, 6.45) is 1.53. The normalized spacial score (nSPS) is 11.3. The molecule has 1 amide bonds. The molecule has 0 unspecified atom stereocenters. The molecule has 0 fully saturated rings. The van der Waals surface area contributed by atoms with Gasteiger partial charge in [-0.25, -0.2) is 8.42 Å². The Morgan fingerprint density at radius 2 is 1.63 bits per heavy atom. The predicted octanol–water partition coefficient (Wildman–Crippen LogP) is 3.15. The van der Waals surface area contributed by atoms with E-state index in [0.29, 0.717) is 5.69 Å². The quantitative estimate of drug-likeness (QED) is 0.711. The van der Waals surface area contributed by atoms with Gasteiger partial charge >= 0.3 is 0 Å². The van der Waals surface area contributed by atoms with Gasteiger partial charge < -0.3 is 5.32 Å². The van der Waals surface area contributed by atoms with Gasteiger partial charge in [-0.3, -0.25) is 9.78 Å². The molecular formula is C20H19N3O3S. The summed E-state index contributed by atoms with van der Waals surface area (Å²) in [6, 6.07) is 20.5. The first-order valence-corrected chi connectivity index (χ1v) is 9.73. The van der Waals surface area contributed by atoms with Crippen LogP contribution in [0.25, 0.3) is 0 Å². The Morgan fingerprint density at radius 1 is 0.963 bits per heavy atom. The Morgan fingerprint density at radius 3 is 2.26 bits per heavy atom. The summed E-state index contributed by atoms with van der Waals surface area (Å²) in [5.74, 6) is -0.354. The first-order valence-electron chi connectivity index (χ1n) is 8.29. The second kappa shape index (κ2) is 8.11. The highest BCUT2D eigenvalue weighted by Gasteiger charge is 2.21. The van der Waals surface area contributed by atoms with Gasteiger partial charge in [0.2, 0.25) is 10.0 Å². The number of hydrogen-bond donors (Lipinski definition) is 1. The fourth-order valence-corrected chi connectivity index (χ4v) is 3.67. The van der Waals surface area contributed by atoms with E-state index in [1.54, 1.807) is 37.4 Å². The minimum Gasteiger partial charge on any atom is -0.321 e. The lowest BCUT2D eigenvalue weighted by molar-refractivity contribution is 0.102. The molecule has 27 heavy (non-hydrogen) atoms. The summed E-state index contributed by atoms with van der Waals surface area (Å²) in [7, 11) is -2.09. The van der Waals surface area contributed by atoms with Crippen molar-refractivity contribution in [2.45, 2.75) is 11.4 Å². The highest BCUT2D eigenvalue weighted by atomic mass is 32.2. The maximum absolute atomic E-state index is 12.7. The first-order chi connectivity index (χ1) is 13.0. The average molecular weight is 381 g/mol. The molecule has 0 aliphatic rings. The van der Waals surface area contributed by atoms with Crippen LogP contribution in [0.5, 0.6) is 0 Å². The zero-order valence-corrected chi connectivity index (χ0v) is 15.6.